The molecule has 2 saturated heterocycles. The molecule has 2 aliphatic rings. The number of aromatic amines is 1. The normalized spacial score (nSPS) is 23.5. The van der Waals surface area contributed by atoms with E-state index in [1.165, 1.54) is 0 Å². The summed E-state index contributed by atoms with van der Waals surface area (Å²) in [4.78, 5) is 22.5. The van der Waals surface area contributed by atoms with E-state index in [0.29, 0.717) is 6.54 Å². The van der Waals surface area contributed by atoms with Crippen molar-refractivity contribution in [2.45, 2.75) is 70.2 Å². The predicted molar refractivity (Wildman–Crippen MR) is 138 cm³/mol. The molecular weight excluding hydrogens is 438 g/mol. The van der Waals surface area contributed by atoms with Gasteiger partial charge in [-0.1, -0.05) is 36.4 Å². The number of carbonyl (C=O) groups excluding carboxylic acids is 1. The highest BCUT2D eigenvalue weighted by Crippen LogP contribution is 2.36. The first-order valence-corrected chi connectivity index (χ1v) is 12.5. The number of hydrogen-bond donors (Lipinski definition) is 3. The van der Waals surface area contributed by atoms with E-state index >= 15 is 0 Å². The Hall–Kier alpha value is -3.32. The summed E-state index contributed by atoms with van der Waals surface area (Å²) < 4.78 is 14.3. The largest absolute Gasteiger partial charge is 0.444 e. The summed E-state index contributed by atoms with van der Waals surface area (Å²) in [5.41, 5.74) is 10.3. The summed E-state index contributed by atoms with van der Waals surface area (Å²) in [5, 5.41) is 1.72. The molecule has 3 heterocycles. The Bertz CT molecular complexity index is 1200. The van der Waals surface area contributed by atoms with Crippen molar-refractivity contribution >= 4 is 11.8 Å². The van der Waals surface area contributed by atoms with Crippen LogP contribution in [-0.2, 0) is 4.74 Å². The number of aromatic nitrogens is 2. The molecule has 3 unspecified atom stereocenters. The van der Waals surface area contributed by atoms with Crippen molar-refractivity contribution in [1.29, 1.82) is 0 Å². The first-order valence-electron chi connectivity index (χ1n) is 12.9. The van der Waals surface area contributed by atoms with Gasteiger partial charge in [-0.2, -0.15) is 0 Å². The number of imidazole rings is 1. The lowest BCUT2D eigenvalue weighted by molar-refractivity contribution is 0.0218. The molecule has 7 nitrogen and oxygen atoms in total. The van der Waals surface area contributed by atoms with Crippen LogP contribution in [0.5, 0.6) is 0 Å². The number of benzene rings is 2. The molecule has 2 fully saturated rings. The number of H-pyrrole nitrogens is 1. The molecule has 4 N–H and O–H groups in total. The SMILES string of the molecule is [2H]N1C(c2ccc(N)cc2)CCC1c1ccc(-c2cnc(C3CCCN3C(=O)OC(C)(C)C)[nH]2)cc1. The predicted octanol–water partition coefficient (Wildman–Crippen LogP) is 5.90. The van der Waals surface area contributed by atoms with Crippen molar-refractivity contribution in [1.82, 2.24) is 20.2 Å². The second kappa shape index (κ2) is 9.38. The van der Waals surface area contributed by atoms with Gasteiger partial charge >= 0.3 is 6.09 Å². The monoisotopic (exact) mass is 474 g/mol. The number of nitrogens with one attached hydrogen (secondary N) is 2. The topological polar surface area (TPSA) is 96.3 Å². The molecular formula is C28H35N5O2. The van der Waals surface area contributed by atoms with E-state index in [9.17, 15) is 4.79 Å². The zero-order valence-corrected chi connectivity index (χ0v) is 20.7. The Morgan fingerprint density at radius 1 is 1.06 bits per heavy atom. The van der Waals surface area contributed by atoms with Crippen LogP contribution in [-0.4, -0.2) is 33.1 Å². The van der Waals surface area contributed by atoms with Crippen LogP contribution in [0.25, 0.3) is 11.3 Å². The number of likely N-dealkylation sites (tertiary alicyclic amines) is 1. The van der Waals surface area contributed by atoms with Gasteiger partial charge in [0.2, 0.25) is 0 Å². The smallest absolute Gasteiger partial charge is 0.410 e. The maximum absolute atomic E-state index is 12.7. The van der Waals surface area contributed by atoms with Crippen molar-refractivity contribution in [2.24, 2.45) is 0 Å². The van der Waals surface area contributed by atoms with E-state index in [0.717, 1.165) is 59.6 Å². The number of nitrogens with two attached hydrogens (primary N) is 1. The third-order valence-electron chi connectivity index (χ3n) is 6.79. The summed E-state index contributed by atoms with van der Waals surface area (Å²) in [6.07, 6.45) is 5.21. The lowest BCUT2D eigenvalue weighted by Crippen LogP contribution is -2.36. The van der Waals surface area contributed by atoms with Gasteiger partial charge in [0.05, 0.1) is 17.9 Å². The van der Waals surface area contributed by atoms with Crippen LogP contribution in [0, 0.1) is 0 Å². The Labute approximate surface area is 208 Å². The van der Waals surface area contributed by atoms with E-state index in [-0.39, 0.29) is 24.2 Å². The van der Waals surface area contributed by atoms with Gasteiger partial charge in [-0.3, -0.25) is 4.90 Å². The molecule has 0 bridgehead atoms. The van der Waals surface area contributed by atoms with Crippen molar-refractivity contribution in [3.05, 3.63) is 71.7 Å². The number of amides is 1. The molecule has 2 aliphatic heterocycles. The average Bonchev–Trinajstić information content (AvgIpc) is 3.58. The summed E-state index contributed by atoms with van der Waals surface area (Å²) in [5.74, 6) is 0.789. The number of hydrogen-bond acceptors (Lipinski definition) is 5. The molecule has 35 heavy (non-hydrogen) atoms. The number of anilines is 1. The van der Waals surface area contributed by atoms with Crippen molar-refractivity contribution in [3.63, 3.8) is 0 Å². The van der Waals surface area contributed by atoms with Crippen LogP contribution in [0.1, 0.15) is 81.5 Å². The number of rotatable bonds is 4. The van der Waals surface area contributed by atoms with Gasteiger partial charge in [0.15, 0.2) is 0 Å². The Balaban J connectivity index is 1.27. The minimum absolute atomic E-state index is 0.0554. The Morgan fingerprint density at radius 2 is 1.69 bits per heavy atom. The highest BCUT2D eigenvalue weighted by molar-refractivity contribution is 5.69. The highest BCUT2D eigenvalue weighted by Gasteiger charge is 2.35. The van der Waals surface area contributed by atoms with E-state index in [2.05, 4.69) is 34.2 Å². The molecule has 0 radical (unpaired) electrons. The lowest BCUT2D eigenvalue weighted by atomic mass is 10.0. The number of nitrogen functional groups attached to an aromatic ring is 1. The quantitative estimate of drug-likeness (QED) is 0.409. The number of carbonyl (C=O) groups is 1. The Morgan fingerprint density at radius 3 is 2.31 bits per heavy atom. The molecule has 2 aromatic carbocycles. The van der Waals surface area contributed by atoms with Crippen LogP contribution in [0.4, 0.5) is 10.5 Å². The van der Waals surface area contributed by atoms with Crippen molar-refractivity contribution < 1.29 is 10.9 Å². The van der Waals surface area contributed by atoms with Crippen LogP contribution in [0.2, 0.25) is 1.41 Å². The zero-order valence-electron chi connectivity index (χ0n) is 21.7. The van der Waals surface area contributed by atoms with Gasteiger partial charge in [-0.15, -0.1) is 0 Å². The van der Waals surface area contributed by atoms with Gasteiger partial charge in [-0.25, -0.2) is 9.78 Å². The molecule has 3 aromatic rings. The fourth-order valence-electron chi connectivity index (χ4n) is 5.03. The summed E-state index contributed by atoms with van der Waals surface area (Å²) in [6.45, 7) is 6.32. The lowest BCUT2D eigenvalue weighted by Gasteiger charge is -2.27. The molecule has 7 heteroatoms. The fourth-order valence-corrected chi connectivity index (χ4v) is 5.03. The minimum atomic E-state index is -0.524. The molecule has 0 aliphatic carbocycles. The second-order valence-corrected chi connectivity index (χ2v) is 10.6. The number of nitrogens with zero attached hydrogens (tertiary/aromatic N) is 2. The van der Waals surface area contributed by atoms with Crippen molar-refractivity contribution in [3.8, 4) is 11.3 Å². The third-order valence-corrected chi connectivity index (χ3v) is 6.79. The molecule has 0 spiro atoms. The van der Waals surface area contributed by atoms with Crippen LogP contribution in [0.15, 0.2) is 54.7 Å². The van der Waals surface area contributed by atoms with E-state index in [1.54, 1.807) is 10.2 Å². The van der Waals surface area contributed by atoms with Crippen molar-refractivity contribution in [2.75, 3.05) is 12.3 Å². The fraction of sp³-hybridized carbons (Fsp3) is 0.429. The summed E-state index contributed by atoms with van der Waals surface area (Å²) in [7, 11) is 0. The van der Waals surface area contributed by atoms with Crippen LogP contribution < -0.4 is 11.0 Å². The molecule has 1 amide bonds. The first-order chi connectivity index (χ1) is 17.2. The third kappa shape index (κ3) is 5.20. The molecule has 0 saturated carbocycles. The average molecular weight is 475 g/mol. The molecule has 3 atom stereocenters. The van der Waals surface area contributed by atoms with Gasteiger partial charge in [0.1, 0.15) is 12.8 Å². The van der Waals surface area contributed by atoms with Gasteiger partial charge in [0, 0.05) is 24.3 Å². The highest BCUT2D eigenvalue weighted by atomic mass is 16.6. The first kappa shape index (κ1) is 22.2. The number of ether oxygens (including phenoxy) is 1. The summed E-state index contributed by atoms with van der Waals surface area (Å²) >= 11 is 0. The zero-order chi connectivity index (χ0) is 25.4. The standard InChI is InChI=1S/C28H35N5O2/c1-28(2,3)35-27(34)33-16-4-5-25(33)26-30-17-24(32-26)20-8-6-18(7-9-20)22-14-15-23(31-22)19-10-12-21(29)13-11-19/h6-13,17,22-23,25,31H,4-5,14-16,29H2,1-3H3,(H,30,32)/i/hD. The molecule has 1 aromatic heterocycles. The maximum Gasteiger partial charge on any atom is 0.410 e. The summed E-state index contributed by atoms with van der Waals surface area (Å²) in [6, 6.07) is 16.3. The second-order valence-electron chi connectivity index (χ2n) is 10.6. The van der Waals surface area contributed by atoms with E-state index < -0.39 is 5.60 Å². The molecule has 5 rings (SSSR count). The minimum Gasteiger partial charge on any atom is -0.444 e. The van der Waals surface area contributed by atoms with E-state index in [4.69, 9.17) is 11.9 Å². The van der Waals surface area contributed by atoms with Gasteiger partial charge in [-0.05, 0) is 75.3 Å². The maximum atomic E-state index is 12.7. The van der Waals surface area contributed by atoms with Gasteiger partial charge < -0.3 is 20.8 Å². The van der Waals surface area contributed by atoms with E-state index in [1.807, 2.05) is 51.2 Å². The molecule has 184 valence electrons. The van der Waals surface area contributed by atoms with Crippen LogP contribution in [0.3, 0.4) is 0 Å². The van der Waals surface area contributed by atoms with Gasteiger partial charge in [0.25, 0.3) is 0 Å². The Kier molecular flexibility index (Phi) is 5.94. The van der Waals surface area contributed by atoms with Crippen LogP contribution >= 0.6 is 0 Å².